The highest BCUT2D eigenvalue weighted by molar-refractivity contribution is 7.87. The Hall–Kier alpha value is -1.35. The molecule has 0 saturated heterocycles. The molecule has 0 fully saturated rings. The highest BCUT2D eigenvalue weighted by Crippen LogP contribution is 2.30. The van der Waals surface area contributed by atoms with Crippen molar-refractivity contribution in [2.45, 2.75) is 37.2 Å². The van der Waals surface area contributed by atoms with E-state index in [-0.39, 0.29) is 6.04 Å². The van der Waals surface area contributed by atoms with E-state index in [0.29, 0.717) is 12.0 Å². The Morgan fingerprint density at radius 2 is 2.05 bits per heavy atom. The lowest BCUT2D eigenvalue weighted by Crippen LogP contribution is -2.28. The van der Waals surface area contributed by atoms with Crippen LogP contribution >= 0.6 is 0 Å². The number of aromatic nitrogens is 1. The molecule has 0 bridgehead atoms. The molecule has 20 heavy (non-hydrogen) atoms. The second-order valence-corrected chi connectivity index (χ2v) is 6.09. The van der Waals surface area contributed by atoms with Crippen LogP contribution < -0.4 is 9.92 Å². The molecule has 1 aliphatic rings. The average Bonchev–Trinajstić information content (AvgIpc) is 2.49. The summed E-state index contributed by atoms with van der Waals surface area (Å²) < 4.78 is 62.5. The van der Waals surface area contributed by atoms with Gasteiger partial charge in [0.2, 0.25) is 5.88 Å². The highest BCUT2D eigenvalue weighted by atomic mass is 32.2. The summed E-state index contributed by atoms with van der Waals surface area (Å²) in [6.45, 7) is 0. The number of pyridine rings is 1. The van der Waals surface area contributed by atoms with Gasteiger partial charge in [-0.3, -0.25) is 0 Å². The van der Waals surface area contributed by atoms with Crippen molar-refractivity contribution in [3.05, 3.63) is 23.4 Å². The molecule has 0 aromatic carbocycles. The molecule has 1 heterocycles. The van der Waals surface area contributed by atoms with Gasteiger partial charge < -0.3 is 9.92 Å². The first kappa shape index (κ1) is 15.0. The van der Waals surface area contributed by atoms with Crippen molar-refractivity contribution in [2.75, 3.05) is 0 Å². The second kappa shape index (κ2) is 5.21. The third-order valence-electron chi connectivity index (χ3n) is 3.09. The minimum atomic E-state index is -5.69. The lowest BCUT2D eigenvalue weighted by Gasteiger charge is -2.14. The molecule has 1 aromatic heterocycles. The van der Waals surface area contributed by atoms with E-state index in [9.17, 15) is 21.6 Å². The number of halogens is 3. The fraction of sp³-hybridized carbons (Fsp3) is 0.545. The van der Waals surface area contributed by atoms with Gasteiger partial charge in [-0.05, 0) is 30.4 Å². The van der Waals surface area contributed by atoms with Crippen LogP contribution in [0.1, 0.15) is 36.4 Å². The maximum Gasteiger partial charge on any atom is 0.534 e. The van der Waals surface area contributed by atoms with Gasteiger partial charge in [0.25, 0.3) is 0 Å². The summed E-state index contributed by atoms with van der Waals surface area (Å²) in [5, 5.41) is 0. The molecule has 1 aromatic rings. The van der Waals surface area contributed by atoms with Crippen molar-refractivity contribution in [1.82, 2.24) is 4.98 Å². The number of alkyl halides is 3. The number of hydrogen-bond acceptors (Lipinski definition) is 5. The predicted octanol–water partition coefficient (Wildman–Crippen LogP) is 2.04. The van der Waals surface area contributed by atoms with Gasteiger partial charge in [-0.25, -0.2) is 4.98 Å². The van der Waals surface area contributed by atoms with E-state index in [2.05, 4.69) is 9.17 Å². The number of rotatable bonds is 2. The fourth-order valence-electron chi connectivity index (χ4n) is 2.08. The highest BCUT2D eigenvalue weighted by Gasteiger charge is 2.48. The zero-order valence-electron chi connectivity index (χ0n) is 10.4. The monoisotopic (exact) mass is 310 g/mol. The molecule has 9 heteroatoms. The van der Waals surface area contributed by atoms with Crippen molar-refractivity contribution in [1.29, 1.82) is 0 Å². The Kier molecular flexibility index (Phi) is 3.92. The van der Waals surface area contributed by atoms with Crippen LogP contribution in [0.4, 0.5) is 13.2 Å². The molecular weight excluding hydrogens is 297 g/mol. The standard InChI is InChI=1S/C11H13F3N2O3S/c12-11(13,14)20(17,18)19-10-5-7-3-1-2-4-9(15)8(7)6-16-10/h5-6,9H,1-4,15H2. The van der Waals surface area contributed by atoms with Crippen LogP contribution in [0.5, 0.6) is 5.88 Å². The zero-order chi connectivity index (χ0) is 15.0. The van der Waals surface area contributed by atoms with E-state index in [1.807, 2.05) is 0 Å². The summed E-state index contributed by atoms with van der Waals surface area (Å²) in [5.41, 5.74) is 1.84. The van der Waals surface area contributed by atoms with Crippen LogP contribution in [0, 0.1) is 0 Å². The number of nitrogens with two attached hydrogens (primary N) is 1. The molecule has 0 aliphatic heterocycles. The number of hydrogen-bond donors (Lipinski definition) is 1. The van der Waals surface area contributed by atoms with Gasteiger partial charge in [-0.1, -0.05) is 6.42 Å². The van der Waals surface area contributed by atoms with E-state index in [1.165, 1.54) is 12.3 Å². The molecule has 0 saturated carbocycles. The van der Waals surface area contributed by atoms with E-state index in [1.54, 1.807) is 0 Å². The Morgan fingerprint density at radius 3 is 2.70 bits per heavy atom. The smallest absolute Gasteiger partial charge is 0.355 e. The second-order valence-electron chi connectivity index (χ2n) is 4.56. The summed E-state index contributed by atoms with van der Waals surface area (Å²) in [7, 11) is -5.69. The SMILES string of the molecule is NC1CCCCc2cc(OS(=O)(=O)C(F)(F)F)ncc21. The largest absolute Gasteiger partial charge is 0.534 e. The Balaban J connectivity index is 2.30. The summed E-state index contributed by atoms with van der Waals surface area (Å²) >= 11 is 0. The Bertz CT molecular complexity index is 601. The molecule has 112 valence electrons. The van der Waals surface area contributed by atoms with Crippen LogP contribution in [-0.4, -0.2) is 18.9 Å². The van der Waals surface area contributed by atoms with Gasteiger partial charge in [-0.15, -0.1) is 0 Å². The van der Waals surface area contributed by atoms with Crippen molar-refractivity contribution in [2.24, 2.45) is 5.73 Å². The lowest BCUT2D eigenvalue weighted by atomic mass is 10.0. The van der Waals surface area contributed by atoms with Crippen molar-refractivity contribution < 1.29 is 25.8 Å². The van der Waals surface area contributed by atoms with Crippen LogP contribution in [0.3, 0.4) is 0 Å². The third kappa shape index (κ3) is 3.04. The molecule has 0 radical (unpaired) electrons. The Labute approximate surface area is 114 Å². The number of fused-ring (bicyclic) bond motifs is 1. The first-order valence-corrected chi connectivity index (χ1v) is 7.37. The van der Waals surface area contributed by atoms with Crippen LogP contribution in [0.25, 0.3) is 0 Å². The van der Waals surface area contributed by atoms with Crippen molar-refractivity contribution in [3.63, 3.8) is 0 Å². The average molecular weight is 310 g/mol. The minimum Gasteiger partial charge on any atom is -0.355 e. The Morgan fingerprint density at radius 1 is 1.35 bits per heavy atom. The molecule has 2 N–H and O–H groups in total. The van der Waals surface area contributed by atoms with Gasteiger partial charge in [0.15, 0.2) is 0 Å². The van der Waals surface area contributed by atoms with E-state index < -0.39 is 21.5 Å². The minimum absolute atomic E-state index is 0.242. The first-order valence-electron chi connectivity index (χ1n) is 5.96. The molecule has 0 amide bonds. The molecule has 0 spiro atoms. The normalized spacial score (nSPS) is 20.1. The maximum absolute atomic E-state index is 12.2. The van der Waals surface area contributed by atoms with Crippen LogP contribution in [0.15, 0.2) is 12.3 Å². The van der Waals surface area contributed by atoms with Gasteiger partial charge in [0, 0.05) is 18.3 Å². The summed E-state index contributed by atoms with van der Waals surface area (Å²) in [4.78, 5) is 3.60. The summed E-state index contributed by atoms with van der Waals surface area (Å²) in [5.74, 6) is -0.588. The molecule has 2 rings (SSSR count). The van der Waals surface area contributed by atoms with Gasteiger partial charge in [-0.2, -0.15) is 21.6 Å². The third-order valence-corrected chi connectivity index (χ3v) is 4.05. The number of nitrogens with zero attached hydrogens (tertiary/aromatic N) is 1. The lowest BCUT2D eigenvalue weighted by molar-refractivity contribution is -0.0501. The maximum atomic E-state index is 12.2. The summed E-state index contributed by atoms with van der Waals surface area (Å²) in [6.07, 6.45) is 4.37. The molecule has 1 atom stereocenters. The molecular formula is C11H13F3N2O3S. The zero-order valence-corrected chi connectivity index (χ0v) is 11.2. The van der Waals surface area contributed by atoms with Crippen molar-refractivity contribution in [3.8, 4) is 5.88 Å². The molecule has 5 nitrogen and oxygen atoms in total. The van der Waals surface area contributed by atoms with Gasteiger partial charge in [0.05, 0.1) is 0 Å². The van der Waals surface area contributed by atoms with E-state index in [4.69, 9.17) is 5.73 Å². The fourth-order valence-corrected chi connectivity index (χ4v) is 2.49. The van der Waals surface area contributed by atoms with Crippen molar-refractivity contribution >= 4 is 10.1 Å². The first-order chi connectivity index (χ1) is 9.21. The van der Waals surface area contributed by atoms with E-state index >= 15 is 0 Å². The van der Waals surface area contributed by atoms with Gasteiger partial charge >= 0.3 is 15.6 Å². The van der Waals surface area contributed by atoms with E-state index in [0.717, 1.165) is 24.8 Å². The quantitative estimate of drug-likeness (QED) is 0.513. The van der Waals surface area contributed by atoms with Crippen LogP contribution in [0.2, 0.25) is 0 Å². The molecule has 1 aliphatic carbocycles. The summed E-state index contributed by atoms with van der Waals surface area (Å²) in [6, 6.07) is 0.970. The molecule has 1 unspecified atom stereocenters. The van der Waals surface area contributed by atoms with Gasteiger partial charge in [0.1, 0.15) is 0 Å². The topological polar surface area (TPSA) is 82.3 Å². The predicted molar refractivity (Wildman–Crippen MR) is 64.3 cm³/mol. The number of aryl methyl sites for hydroxylation is 1. The van der Waals surface area contributed by atoms with Crippen LogP contribution in [-0.2, 0) is 16.5 Å².